The van der Waals surface area contributed by atoms with E-state index in [0.29, 0.717) is 11.1 Å². The molecule has 0 saturated heterocycles. The van der Waals surface area contributed by atoms with Crippen LogP contribution in [0, 0.1) is 13.8 Å². The second-order valence-electron chi connectivity index (χ2n) is 7.98. The molecular formula is C25H20F3N5. The van der Waals surface area contributed by atoms with Crippen molar-refractivity contribution in [3.8, 4) is 28.2 Å². The second-order valence-corrected chi connectivity index (χ2v) is 7.98. The van der Waals surface area contributed by atoms with Crippen molar-refractivity contribution in [3.63, 3.8) is 0 Å². The second kappa shape index (κ2) is 7.58. The highest BCUT2D eigenvalue weighted by Crippen LogP contribution is 2.40. The Hall–Kier alpha value is -3.94. The summed E-state index contributed by atoms with van der Waals surface area (Å²) in [6, 6.07) is 19.1. The summed E-state index contributed by atoms with van der Waals surface area (Å²) in [7, 11) is 1.61. The van der Waals surface area contributed by atoms with Crippen LogP contribution in [0.2, 0.25) is 0 Å². The molecule has 8 heteroatoms. The van der Waals surface area contributed by atoms with Gasteiger partial charge in [-0.05, 0) is 38.1 Å². The highest BCUT2D eigenvalue weighted by Gasteiger charge is 2.36. The first kappa shape index (κ1) is 20.9. The van der Waals surface area contributed by atoms with E-state index >= 15 is 0 Å². The first-order valence-electron chi connectivity index (χ1n) is 10.4. The Labute approximate surface area is 188 Å². The lowest BCUT2D eigenvalue weighted by molar-refractivity contribution is -0.136. The Bertz CT molecular complexity index is 1460. The molecule has 0 aliphatic heterocycles. The van der Waals surface area contributed by atoms with E-state index < -0.39 is 11.7 Å². The molecule has 2 aromatic carbocycles. The molecule has 0 saturated carbocycles. The van der Waals surface area contributed by atoms with Crippen LogP contribution in [0.25, 0.3) is 39.2 Å². The molecule has 0 bridgehead atoms. The molecule has 0 N–H and O–H groups in total. The van der Waals surface area contributed by atoms with Crippen LogP contribution in [0.15, 0.2) is 66.7 Å². The Morgan fingerprint density at radius 3 is 2.12 bits per heavy atom. The Morgan fingerprint density at radius 2 is 1.52 bits per heavy atom. The molecule has 0 radical (unpaired) electrons. The molecule has 5 nitrogen and oxygen atoms in total. The van der Waals surface area contributed by atoms with Gasteiger partial charge in [0, 0.05) is 23.9 Å². The van der Waals surface area contributed by atoms with Crippen molar-refractivity contribution in [2.45, 2.75) is 20.0 Å². The molecule has 0 amide bonds. The van der Waals surface area contributed by atoms with Gasteiger partial charge >= 0.3 is 6.18 Å². The Morgan fingerprint density at radius 1 is 0.818 bits per heavy atom. The van der Waals surface area contributed by atoms with E-state index in [2.05, 4.69) is 15.2 Å². The average Bonchev–Trinajstić information content (AvgIpc) is 3.31. The van der Waals surface area contributed by atoms with Gasteiger partial charge < -0.3 is 0 Å². The topological polar surface area (TPSA) is 48.5 Å². The lowest BCUT2D eigenvalue weighted by Crippen LogP contribution is -2.08. The first-order valence-corrected chi connectivity index (χ1v) is 10.4. The molecule has 3 aromatic heterocycles. The van der Waals surface area contributed by atoms with E-state index in [1.54, 1.807) is 48.1 Å². The summed E-state index contributed by atoms with van der Waals surface area (Å²) in [5.74, 6) is 0. The maximum atomic E-state index is 14.2. The van der Waals surface area contributed by atoms with Crippen LogP contribution in [0.3, 0.4) is 0 Å². The van der Waals surface area contributed by atoms with Gasteiger partial charge in [-0.15, -0.1) is 0 Å². The Kier molecular flexibility index (Phi) is 4.81. The highest BCUT2D eigenvalue weighted by atomic mass is 19.4. The first-order chi connectivity index (χ1) is 15.7. The standard InChI is InChI=1S/C25H20F3N5/c1-15-13-16(2)33(30-15)19-11-9-17(10-12-19)21-14-20(25(26,27)28)22-23(18-7-5-4-6-8-18)31-32(3)24(22)29-21/h4-14H,1-3H3. The molecule has 33 heavy (non-hydrogen) atoms. The van der Waals surface area contributed by atoms with Crippen LogP contribution in [-0.2, 0) is 13.2 Å². The predicted octanol–water partition coefficient (Wildman–Crippen LogP) is 6.12. The zero-order valence-corrected chi connectivity index (χ0v) is 18.2. The number of benzene rings is 2. The summed E-state index contributed by atoms with van der Waals surface area (Å²) >= 11 is 0. The van der Waals surface area contributed by atoms with E-state index in [1.165, 1.54) is 4.68 Å². The van der Waals surface area contributed by atoms with Gasteiger partial charge in [0.25, 0.3) is 0 Å². The van der Waals surface area contributed by atoms with Gasteiger partial charge in [-0.1, -0.05) is 42.5 Å². The normalized spacial score (nSPS) is 11.9. The van der Waals surface area contributed by atoms with E-state index in [0.717, 1.165) is 23.1 Å². The van der Waals surface area contributed by atoms with E-state index in [4.69, 9.17) is 0 Å². The number of aryl methyl sites for hydroxylation is 3. The lowest BCUT2D eigenvalue weighted by Gasteiger charge is -2.12. The summed E-state index contributed by atoms with van der Waals surface area (Å²) in [5, 5.41) is 8.83. The van der Waals surface area contributed by atoms with E-state index in [-0.39, 0.29) is 22.4 Å². The van der Waals surface area contributed by atoms with Crippen molar-refractivity contribution in [2.24, 2.45) is 7.05 Å². The van der Waals surface area contributed by atoms with Gasteiger partial charge in [-0.2, -0.15) is 23.4 Å². The number of hydrogen-bond acceptors (Lipinski definition) is 3. The smallest absolute Gasteiger partial charge is 0.250 e. The zero-order valence-electron chi connectivity index (χ0n) is 18.2. The molecule has 0 spiro atoms. The minimum atomic E-state index is -4.56. The van der Waals surface area contributed by atoms with Crippen LogP contribution < -0.4 is 0 Å². The SMILES string of the molecule is Cc1cc(C)n(-c2ccc(-c3cc(C(F)(F)F)c4c(-c5ccccc5)nn(C)c4n3)cc2)n1. The van der Waals surface area contributed by atoms with E-state index in [1.807, 2.05) is 38.1 Å². The summed E-state index contributed by atoms with van der Waals surface area (Å²) < 4.78 is 45.7. The van der Waals surface area contributed by atoms with Gasteiger partial charge in [0.05, 0.1) is 28.0 Å². The molecule has 0 unspecified atom stereocenters. The third-order valence-corrected chi connectivity index (χ3v) is 5.56. The number of pyridine rings is 1. The van der Waals surface area contributed by atoms with Crippen molar-refractivity contribution >= 4 is 11.0 Å². The molecule has 0 fully saturated rings. The van der Waals surface area contributed by atoms with Crippen molar-refractivity contribution in [2.75, 3.05) is 0 Å². The van der Waals surface area contributed by atoms with Gasteiger partial charge in [0.2, 0.25) is 0 Å². The van der Waals surface area contributed by atoms with Crippen molar-refractivity contribution < 1.29 is 13.2 Å². The van der Waals surface area contributed by atoms with E-state index in [9.17, 15) is 13.2 Å². The van der Waals surface area contributed by atoms with Gasteiger partial charge in [0.15, 0.2) is 5.65 Å². The van der Waals surface area contributed by atoms with Crippen molar-refractivity contribution in [1.29, 1.82) is 0 Å². The van der Waals surface area contributed by atoms with Crippen molar-refractivity contribution in [1.82, 2.24) is 24.5 Å². The van der Waals surface area contributed by atoms with Crippen LogP contribution in [0.4, 0.5) is 13.2 Å². The maximum absolute atomic E-state index is 14.2. The molecular weight excluding hydrogens is 427 g/mol. The fourth-order valence-electron chi connectivity index (χ4n) is 4.08. The van der Waals surface area contributed by atoms with Crippen molar-refractivity contribution in [3.05, 3.63) is 83.7 Å². The molecule has 3 heterocycles. The number of hydrogen-bond donors (Lipinski definition) is 0. The number of rotatable bonds is 3. The molecule has 0 aliphatic carbocycles. The largest absolute Gasteiger partial charge is 0.417 e. The fourth-order valence-corrected chi connectivity index (χ4v) is 4.08. The summed E-state index contributed by atoms with van der Waals surface area (Å²) in [4.78, 5) is 4.57. The predicted molar refractivity (Wildman–Crippen MR) is 121 cm³/mol. The third-order valence-electron chi connectivity index (χ3n) is 5.56. The van der Waals surface area contributed by atoms with Crippen LogP contribution >= 0.6 is 0 Å². The van der Waals surface area contributed by atoms with Crippen LogP contribution in [-0.4, -0.2) is 24.5 Å². The molecule has 5 aromatic rings. The van der Waals surface area contributed by atoms with Gasteiger partial charge in [0.1, 0.15) is 5.69 Å². The number of fused-ring (bicyclic) bond motifs is 1. The van der Waals surface area contributed by atoms with Crippen LogP contribution in [0.5, 0.6) is 0 Å². The number of aromatic nitrogens is 5. The quantitative estimate of drug-likeness (QED) is 0.335. The maximum Gasteiger partial charge on any atom is 0.417 e. The third kappa shape index (κ3) is 3.67. The minimum Gasteiger partial charge on any atom is -0.250 e. The van der Waals surface area contributed by atoms with Gasteiger partial charge in [-0.25, -0.2) is 14.3 Å². The summed E-state index contributed by atoms with van der Waals surface area (Å²) in [5.41, 5.74) is 3.81. The summed E-state index contributed by atoms with van der Waals surface area (Å²) in [6.45, 7) is 3.86. The molecule has 166 valence electrons. The summed E-state index contributed by atoms with van der Waals surface area (Å²) in [6.07, 6.45) is -4.56. The lowest BCUT2D eigenvalue weighted by atomic mass is 10.0. The fraction of sp³-hybridized carbons (Fsp3) is 0.160. The highest BCUT2D eigenvalue weighted by molar-refractivity contribution is 5.95. The number of halogens is 3. The molecule has 0 atom stereocenters. The van der Waals surface area contributed by atoms with Gasteiger partial charge in [-0.3, -0.25) is 0 Å². The number of nitrogens with zero attached hydrogens (tertiary/aromatic N) is 5. The molecule has 0 aliphatic rings. The Balaban J connectivity index is 1.67. The monoisotopic (exact) mass is 447 g/mol. The molecule has 5 rings (SSSR count). The van der Waals surface area contributed by atoms with Crippen LogP contribution in [0.1, 0.15) is 17.0 Å². The zero-order chi connectivity index (χ0) is 23.3. The number of alkyl halides is 3. The minimum absolute atomic E-state index is 0.000730. The average molecular weight is 447 g/mol.